The Balaban J connectivity index is 3.93. The predicted octanol–water partition coefficient (Wildman–Crippen LogP) is 0.799. The lowest BCUT2D eigenvalue weighted by atomic mass is 10.4. The standard InChI is InChI=1S/C8H21NO3Si/c1-4-7-13(3,11-2)12-8(9)5-6-10/h8,10H,4-7,9H2,1-3H3. The van der Waals surface area contributed by atoms with Crippen LogP contribution in [0.15, 0.2) is 0 Å². The van der Waals surface area contributed by atoms with Crippen molar-refractivity contribution in [3.63, 3.8) is 0 Å². The van der Waals surface area contributed by atoms with Gasteiger partial charge in [0.25, 0.3) is 0 Å². The predicted molar refractivity (Wildman–Crippen MR) is 54.5 cm³/mol. The second kappa shape index (κ2) is 6.50. The van der Waals surface area contributed by atoms with E-state index < -0.39 is 14.8 Å². The molecule has 80 valence electrons. The highest BCUT2D eigenvalue weighted by molar-refractivity contribution is 6.66. The molecule has 3 N–H and O–H groups in total. The van der Waals surface area contributed by atoms with Crippen molar-refractivity contribution >= 4 is 8.56 Å². The highest BCUT2D eigenvalue weighted by Crippen LogP contribution is 2.16. The van der Waals surface area contributed by atoms with E-state index in [-0.39, 0.29) is 6.61 Å². The van der Waals surface area contributed by atoms with Crippen LogP contribution < -0.4 is 5.73 Å². The Morgan fingerprint density at radius 1 is 1.54 bits per heavy atom. The first-order chi connectivity index (χ1) is 6.08. The van der Waals surface area contributed by atoms with E-state index in [4.69, 9.17) is 19.7 Å². The third-order valence-corrected chi connectivity index (χ3v) is 5.02. The van der Waals surface area contributed by atoms with Crippen LogP contribution in [-0.2, 0) is 8.85 Å². The Kier molecular flexibility index (Phi) is 6.53. The summed E-state index contributed by atoms with van der Waals surface area (Å²) in [6, 6.07) is 0.933. The molecule has 0 radical (unpaired) electrons. The van der Waals surface area contributed by atoms with Crippen LogP contribution in [0.1, 0.15) is 19.8 Å². The summed E-state index contributed by atoms with van der Waals surface area (Å²) in [4.78, 5) is 0. The molecule has 0 fully saturated rings. The Labute approximate surface area is 81.3 Å². The van der Waals surface area contributed by atoms with Gasteiger partial charge in [-0.3, -0.25) is 0 Å². The van der Waals surface area contributed by atoms with Gasteiger partial charge in [-0.2, -0.15) is 0 Å². The molecule has 2 atom stereocenters. The molecule has 0 aromatic rings. The SMILES string of the molecule is CCC[Si](C)(OC)OC(N)CCO. The number of hydrogen-bond acceptors (Lipinski definition) is 4. The van der Waals surface area contributed by atoms with Crippen molar-refractivity contribution in [3.05, 3.63) is 0 Å². The van der Waals surface area contributed by atoms with Crippen LogP contribution in [0.3, 0.4) is 0 Å². The van der Waals surface area contributed by atoms with Gasteiger partial charge in [-0.15, -0.1) is 0 Å². The minimum atomic E-state index is -2.06. The lowest BCUT2D eigenvalue weighted by Gasteiger charge is -2.28. The molecular weight excluding hydrogens is 186 g/mol. The second-order valence-corrected chi connectivity index (χ2v) is 6.67. The topological polar surface area (TPSA) is 64.7 Å². The third kappa shape index (κ3) is 5.38. The first kappa shape index (κ1) is 13.1. The molecule has 0 saturated carbocycles. The molecule has 0 amide bonds. The van der Waals surface area contributed by atoms with Gasteiger partial charge < -0.3 is 19.7 Å². The highest BCUT2D eigenvalue weighted by atomic mass is 28.4. The summed E-state index contributed by atoms with van der Waals surface area (Å²) in [6.45, 7) is 4.14. The van der Waals surface area contributed by atoms with Crippen LogP contribution in [0.5, 0.6) is 0 Å². The maximum absolute atomic E-state index is 8.65. The molecule has 0 aliphatic carbocycles. The van der Waals surface area contributed by atoms with Crippen molar-refractivity contribution < 1.29 is 14.0 Å². The molecule has 0 aliphatic heterocycles. The maximum Gasteiger partial charge on any atom is 0.335 e. The molecule has 0 aliphatic rings. The van der Waals surface area contributed by atoms with E-state index in [9.17, 15) is 0 Å². The molecule has 0 bridgehead atoms. The molecule has 2 unspecified atom stereocenters. The van der Waals surface area contributed by atoms with Crippen LogP contribution in [0.2, 0.25) is 12.6 Å². The maximum atomic E-state index is 8.65. The summed E-state index contributed by atoms with van der Waals surface area (Å²) < 4.78 is 11.0. The Hall–Kier alpha value is 0.0569. The Bertz CT molecular complexity index is 137. The van der Waals surface area contributed by atoms with Crippen LogP contribution >= 0.6 is 0 Å². The van der Waals surface area contributed by atoms with E-state index in [0.29, 0.717) is 6.42 Å². The molecule has 0 spiro atoms. The highest BCUT2D eigenvalue weighted by Gasteiger charge is 2.31. The van der Waals surface area contributed by atoms with Crippen molar-refractivity contribution in [1.82, 2.24) is 0 Å². The molecule has 0 rings (SSSR count). The zero-order valence-corrected chi connectivity index (χ0v) is 9.75. The number of aliphatic hydroxyl groups is 1. The largest absolute Gasteiger partial charge is 0.398 e. The van der Waals surface area contributed by atoms with Gasteiger partial charge in [0.2, 0.25) is 0 Å². The van der Waals surface area contributed by atoms with Crippen molar-refractivity contribution in [2.75, 3.05) is 13.7 Å². The summed E-state index contributed by atoms with van der Waals surface area (Å²) in [6.07, 6.45) is 1.10. The van der Waals surface area contributed by atoms with Gasteiger partial charge in [0.05, 0.1) is 6.23 Å². The summed E-state index contributed by atoms with van der Waals surface area (Å²) in [5.41, 5.74) is 5.65. The van der Waals surface area contributed by atoms with Crippen LogP contribution in [0.25, 0.3) is 0 Å². The minimum absolute atomic E-state index is 0.0570. The van der Waals surface area contributed by atoms with E-state index in [2.05, 4.69) is 6.92 Å². The van der Waals surface area contributed by atoms with Crippen molar-refractivity contribution in [2.45, 2.75) is 38.6 Å². The fourth-order valence-corrected chi connectivity index (χ4v) is 3.25. The summed E-state index contributed by atoms with van der Waals surface area (Å²) >= 11 is 0. The fourth-order valence-electron chi connectivity index (χ4n) is 1.17. The van der Waals surface area contributed by atoms with Crippen molar-refractivity contribution in [3.8, 4) is 0 Å². The van der Waals surface area contributed by atoms with E-state index in [0.717, 1.165) is 12.5 Å². The molecule has 0 aromatic carbocycles. The first-order valence-corrected chi connectivity index (χ1v) is 7.19. The monoisotopic (exact) mass is 207 g/mol. The third-order valence-electron chi connectivity index (χ3n) is 1.95. The van der Waals surface area contributed by atoms with Crippen LogP contribution in [0.4, 0.5) is 0 Å². The van der Waals surface area contributed by atoms with E-state index in [1.54, 1.807) is 7.11 Å². The smallest absolute Gasteiger partial charge is 0.335 e. The molecule has 13 heavy (non-hydrogen) atoms. The number of nitrogens with two attached hydrogens (primary N) is 1. The second-order valence-electron chi connectivity index (χ2n) is 3.26. The first-order valence-electron chi connectivity index (χ1n) is 4.67. The Morgan fingerprint density at radius 3 is 2.54 bits per heavy atom. The summed E-state index contributed by atoms with van der Waals surface area (Å²) in [5, 5.41) is 8.65. The fraction of sp³-hybridized carbons (Fsp3) is 1.00. The van der Waals surface area contributed by atoms with Crippen molar-refractivity contribution in [2.24, 2.45) is 5.73 Å². The van der Waals surface area contributed by atoms with Gasteiger partial charge in [0, 0.05) is 20.1 Å². The molecule has 0 heterocycles. The quantitative estimate of drug-likeness (QED) is 0.479. The number of rotatable bonds is 7. The van der Waals surface area contributed by atoms with Gasteiger partial charge in [-0.1, -0.05) is 13.3 Å². The van der Waals surface area contributed by atoms with Gasteiger partial charge >= 0.3 is 8.56 Å². The van der Waals surface area contributed by atoms with Gasteiger partial charge in [0.1, 0.15) is 0 Å². The molecule has 0 saturated heterocycles. The van der Waals surface area contributed by atoms with Gasteiger partial charge in [0.15, 0.2) is 0 Å². The molecule has 4 nitrogen and oxygen atoms in total. The van der Waals surface area contributed by atoms with Crippen LogP contribution in [-0.4, -0.2) is 33.6 Å². The van der Waals surface area contributed by atoms with Crippen molar-refractivity contribution in [1.29, 1.82) is 0 Å². The normalized spacial score (nSPS) is 18.2. The lowest BCUT2D eigenvalue weighted by Crippen LogP contribution is -2.44. The zero-order valence-electron chi connectivity index (χ0n) is 8.75. The lowest BCUT2D eigenvalue weighted by molar-refractivity contribution is 0.110. The average molecular weight is 207 g/mol. The van der Waals surface area contributed by atoms with E-state index in [1.807, 2.05) is 6.55 Å². The summed E-state index contributed by atoms with van der Waals surface area (Å²) in [7, 11) is -0.400. The van der Waals surface area contributed by atoms with E-state index in [1.165, 1.54) is 0 Å². The zero-order chi connectivity index (χ0) is 10.3. The summed E-state index contributed by atoms with van der Waals surface area (Å²) in [5.74, 6) is 0. The average Bonchev–Trinajstić information content (AvgIpc) is 2.05. The Morgan fingerprint density at radius 2 is 2.15 bits per heavy atom. The number of hydrogen-bond donors (Lipinski definition) is 2. The van der Waals surface area contributed by atoms with Gasteiger partial charge in [-0.25, -0.2) is 0 Å². The number of aliphatic hydroxyl groups excluding tert-OH is 1. The van der Waals surface area contributed by atoms with Gasteiger partial charge in [-0.05, 0) is 12.6 Å². The van der Waals surface area contributed by atoms with E-state index >= 15 is 0 Å². The minimum Gasteiger partial charge on any atom is -0.398 e. The van der Waals surface area contributed by atoms with Crippen LogP contribution in [0, 0.1) is 0 Å². The molecule has 5 heteroatoms. The molecule has 0 aromatic heterocycles. The molecular formula is C8H21NO3Si.